The van der Waals surface area contributed by atoms with Crippen molar-refractivity contribution in [2.75, 3.05) is 43.1 Å². The van der Waals surface area contributed by atoms with Crippen LogP contribution in [0.4, 0.5) is 23.0 Å². The summed E-state index contributed by atoms with van der Waals surface area (Å²) >= 11 is 6.31. The monoisotopic (exact) mass is 526 g/mol. The van der Waals surface area contributed by atoms with Crippen molar-refractivity contribution in [3.63, 3.8) is 0 Å². The van der Waals surface area contributed by atoms with Crippen LogP contribution in [0.2, 0.25) is 5.02 Å². The summed E-state index contributed by atoms with van der Waals surface area (Å²) in [6.07, 6.45) is 3.70. The average Bonchev–Trinajstić information content (AvgIpc) is 3.25. The summed E-state index contributed by atoms with van der Waals surface area (Å²) in [6.45, 7) is 4.61. The van der Waals surface area contributed by atoms with Crippen LogP contribution in [0.25, 0.3) is 0 Å². The van der Waals surface area contributed by atoms with E-state index in [-0.39, 0.29) is 29.1 Å². The molecule has 11 nitrogen and oxygen atoms in total. The number of pyridine rings is 1. The van der Waals surface area contributed by atoms with Gasteiger partial charge < -0.3 is 19.7 Å². The van der Waals surface area contributed by atoms with Crippen LogP contribution in [0.15, 0.2) is 36.5 Å². The van der Waals surface area contributed by atoms with Crippen molar-refractivity contribution < 1.29 is 19.2 Å². The van der Waals surface area contributed by atoms with Gasteiger partial charge in [0, 0.05) is 37.5 Å². The highest BCUT2D eigenvalue weighted by atomic mass is 35.5. The van der Waals surface area contributed by atoms with E-state index in [0.29, 0.717) is 67.1 Å². The first-order valence-corrected chi connectivity index (χ1v) is 12.6. The van der Waals surface area contributed by atoms with Crippen molar-refractivity contribution in [2.24, 2.45) is 0 Å². The minimum absolute atomic E-state index is 0.0315. The summed E-state index contributed by atoms with van der Waals surface area (Å²) in [7, 11) is 0. The van der Waals surface area contributed by atoms with E-state index in [9.17, 15) is 14.9 Å². The maximum atomic E-state index is 13.5. The first-order chi connectivity index (χ1) is 17.9. The zero-order valence-corrected chi connectivity index (χ0v) is 21.1. The van der Waals surface area contributed by atoms with Crippen LogP contribution >= 0.6 is 11.6 Å². The summed E-state index contributed by atoms with van der Waals surface area (Å²) in [4.78, 5) is 31.7. The molecule has 12 heteroatoms. The SMILES string of the molecule is Cc1c([N+](=O)[O-])c(Nc2cc(N3CCOCC3)ncc2C(=O)c2ccccc2Cl)nn1C1CCCCO1. The molecule has 0 spiro atoms. The second kappa shape index (κ2) is 10.8. The number of benzene rings is 1. The standard InChI is InChI=1S/C25H27ClN6O5/c1-16-23(32(34)35)25(29-31(16)22-8-4-5-11-37-22)28-20-14-21(30-9-12-36-13-10-30)27-15-18(20)24(33)17-6-2-3-7-19(17)26/h2-3,6-7,14-15,22H,4-5,8-13H2,1H3,(H,27,28,29). The number of nitrogens with zero attached hydrogens (tertiary/aromatic N) is 5. The van der Waals surface area contributed by atoms with Crippen molar-refractivity contribution in [3.8, 4) is 0 Å². The normalized spacial score (nSPS) is 18.0. The first kappa shape index (κ1) is 25.1. The lowest BCUT2D eigenvalue weighted by Gasteiger charge is -2.28. The van der Waals surface area contributed by atoms with Gasteiger partial charge in [-0.15, -0.1) is 5.10 Å². The maximum Gasteiger partial charge on any atom is 0.334 e. The highest BCUT2D eigenvalue weighted by Crippen LogP contribution is 2.36. The highest BCUT2D eigenvalue weighted by Gasteiger charge is 2.31. The number of carbonyl (C=O) groups is 1. The fourth-order valence-corrected chi connectivity index (χ4v) is 4.84. The zero-order chi connectivity index (χ0) is 25.9. The first-order valence-electron chi connectivity index (χ1n) is 12.2. The maximum absolute atomic E-state index is 13.5. The van der Waals surface area contributed by atoms with E-state index in [1.165, 1.54) is 6.20 Å². The van der Waals surface area contributed by atoms with Crippen LogP contribution in [0.5, 0.6) is 0 Å². The number of ether oxygens (including phenoxy) is 2. The van der Waals surface area contributed by atoms with E-state index in [1.807, 2.05) is 4.90 Å². The van der Waals surface area contributed by atoms with Gasteiger partial charge in [0.15, 0.2) is 12.0 Å². The zero-order valence-electron chi connectivity index (χ0n) is 20.4. The van der Waals surface area contributed by atoms with Gasteiger partial charge in [0.25, 0.3) is 0 Å². The Morgan fingerprint density at radius 3 is 2.68 bits per heavy atom. The van der Waals surface area contributed by atoms with Crippen LogP contribution in [0.1, 0.15) is 47.1 Å². The molecule has 0 bridgehead atoms. The lowest BCUT2D eigenvalue weighted by Crippen LogP contribution is -2.36. The number of nitro groups is 1. The van der Waals surface area contributed by atoms with E-state index in [4.69, 9.17) is 21.1 Å². The Balaban J connectivity index is 1.58. The van der Waals surface area contributed by atoms with Gasteiger partial charge in [-0.1, -0.05) is 23.7 Å². The second-order valence-corrected chi connectivity index (χ2v) is 9.33. The Hall–Kier alpha value is -3.54. The molecule has 194 valence electrons. The molecule has 1 atom stereocenters. The highest BCUT2D eigenvalue weighted by molar-refractivity contribution is 6.35. The molecule has 1 unspecified atom stereocenters. The van der Waals surface area contributed by atoms with Gasteiger partial charge in [0.1, 0.15) is 11.5 Å². The lowest BCUT2D eigenvalue weighted by molar-refractivity contribution is -0.384. The Morgan fingerprint density at radius 2 is 1.97 bits per heavy atom. The van der Waals surface area contributed by atoms with Crippen molar-refractivity contribution >= 4 is 40.4 Å². The van der Waals surface area contributed by atoms with Crippen LogP contribution < -0.4 is 10.2 Å². The fourth-order valence-electron chi connectivity index (χ4n) is 4.62. The van der Waals surface area contributed by atoms with Gasteiger partial charge in [-0.3, -0.25) is 14.9 Å². The fraction of sp³-hybridized carbons (Fsp3) is 0.400. The second-order valence-electron chi connectivity index (χ2n) is 8.93. The number of rotatable bonds is 7. The van der Waals surface area contributed by atoms with Gasteiger partial charge in [0.05, 0.1) is 34.4 Å². The molecule has 2 aromatic heterocycles. The van der Waals surface area contributed by atoms with E-state index in [0.717, 1.165) is 12.8 Å². The van der Waals surface area contributed by atoms with Crippen LogP contribution in [0, 0.1) is 17.0 Å². The molecule has 0 saturated carbocycles. The van der Waals surface area contributed by atoms with Gasteiger partial charge in [-0.05, 0) is 38.3 Å². The minimum Gasteiger partial charge on any atom is -0.378 e. The molecule has 5 rings (SSSR count). The number of nitrogens with one attached hydrogen (secondary N) is 1. The molecule has 37 heavy (non-hydrogen) atoms. The summed E-state index contributed by atoms with van der Waals surface area (Å²) in [5.74, 6) is 0.295. The largest absolute Gasteiger partial charge is 0.378 e. The summed E-state index contributed by atoms with van der Waals surface area (Å²) in [5, 5.41) is 20.0. The molecule has 3 aromatic rings. The number of halogens is 1. The molecular formula is C25H27ClN6O5. The Labute approximate surface area is 218 Å². The third kappa shape index (κ3) is 5.15. The smallest absolute Gasteiger partial charge is 0.334 e. The average molecular weight is 527 g/mol. The van der Waals surface area contributed by atoms with E-state index in [1.54, 1.807) is 41.9 Å². The predicted octanol–water partition coefficient (Wildman–Crippen LogP) is 4.66. The van der Waals surface area contributed by atoms with Crippen LogP contribution in [-0.4, -0.2) is 58.4 Å². The molecule has 0 aliphatic carbocycles. The molecule has 2 aliphatic rings. The van der Waals surface area contributed by atoms with Gasteiger partial charge in [-0.25, -0.2) is 9.67 Å². The van der Waals surface area contributed by atoms with Crippen molar-refractivity contribution in [3.05, 3.63) is 68.5 Å². The third-order valence-corrected chi connectivity index (χ3v) is 6.90. The topological polar surface area (TPSA) is 125 Å². The van der Waals surface area contributed by atoms with Gasteiger partial charge >= 0.3 is 5.69 Å². The van der Waals surface area contributed by atoms with Gasteiger partial charge in [0.2, 0.25) is 5.82 Å². The molecule has 4 heterocycles. The number of aromatic nitrogens is 3. The van der Waals surface area contributed by atoms with Crippen LogP contribution in [0.3, 0.4) is 0 Å². The Morgan fingerprint density at radius 1 is 1.19 bits per heavy atom. The van der Waals surface area contributed by atoms with Crippen molar-refractivity contribution in [1.82, 2.24) is 14.8 Å². The summed E-state index contributed by atoms with van der Waals surface area (Å²) in [5.41, 5.74) is 1.08. The predicted molar refractivity (Wildman–Crippen MR) is 138 cm³/mol. The van der Waals surface area contributed by atoms with E-state index < -0.39 is 4.92 Å². The summed E-state index contributed by atoms with van der Waals surface area (Å²) < 4.78 is 12.8. The van der Waals surface area contributed by atoms with E-state index >= 15 is 0 Å². The van der Waals surface area contributed by atoms with Crippen molar-refractivity contribution in [1.29, 1.82) is 0 Å². The lowest BCUT2D eigenvalue weighted by atomic mass is 10.0. The number of anilines is 3. The van der Waals surface area contributed by atoms with E-state index in [2.05, 4.69) is 15.4 Å². The molecule has 0 radical (unpaired) electrons. The molecule has 1 aromatic carbocycles. The molecule has 2 fully saturated rings. The minimum atomic E-state index is -0.469. The third-order valence-electron chi connectivity index (χ3n) is 6.57. The molecule has 0 amide bonds. The van der Waals surface area contributed by atoms with Crippen molar-refractivity contribution in [2.45, 2.75) is 32.4 Å². The number of carbonyl (C=O) groups excluding carboxylic acids is 1. The Kier molecular flexibility index (Phi) is 7.36. The molecule has 2 saturated heterocycles. The number of ketones is 1. The van der Waals surface area contributed by atoms with Gasteiger partial charge in [-0.2, -0.15) is 0 Å². The molecule has 1 N–H and O–H groups in total. The van der Waals surface area contributed by atoms with Crippen LogP contribution in [-0.2, 0) is 9.47 Å². The quantitative estimate of drug-likeness (QED) is 0.266. The number of morpholine rings is 1. The molecular weight excluding hydrogens is 500 g/mol. The number of hydrogen-bond donors (Lipinski definition) is 1. The summed E-state index contributed by atoms with van der Waals surface area (Å²) in [6, 6.07) is 8.44. The number of hydrogen-bond acceptors (Lipinski definition) is 9. The Bertz CT molecular complexity index is 1320. The molecule has 2 aliphatic heterocycles.